The van der Waals surface area contributed by atoms with Gasteiger partial charge in [0.2, 0.25) is 0 Å². The van der Waals surface area contributed by atoms with Crippen molar-refractivity contribution in [3.63, 3.8) is 0 Å². The molecule has 2 aromatic rings. The average molecular weight is 418 g/mol. The van der Waals surface area contributed by atoms with Crippen LogP contribution >= 0.6 is 24.0 Å². The van der Waals surface area contributed by atoms with Crippen molar-refractivity contribution in [1.82, 2.24) is 5.32 Å². The van der Waals surface area contributed by atoms with Crippen molar-refractivity contribution >= 4 is 24.0 Å². The fourth-order valence-corrected chi connectivity index (χ4v) is 2.72. The summed E-state index contributed by atoms with van der Waals surface area (Å²) in [6.45, 7) is 4.98. The molecule has 1 N–H and O–H groups in total. The molecule has 0 aliphatic carbocycles. The Morgan fingerprint density at radius 1 is 1.07 bits per heavy atom. The van der Waals surface area contributed by atoms with Crippen molar-refractivity contribution < 1.29 is 18.6 Å². The van der Waals surface area contributed by atoms with Gasteiger partial charge in [0.25, 0.3) is 0 Å². The molecular weight excluding hydrogens is 392 g/mol. The van der Waals surface area contributed by atoms with Crippen molar-refractivity contribution in [3.8, 4) is 11.5 Å². The number of nitrogens with one attached hydrogen (secondary N) is 1. The van der Waals surface area contributed by atoms with Crippen LogP contribution in [-0.4, -0.2) is 26.9 Å². The van der Waals surface area contributed by atoms with Gasteiger partial charge in [0.1, 0.15) is 12.4 Å². The molecule has 150 valence electrons. The van der Waals surface area contributed by atoms with Crippen molar-refractivity contribution in [1.29, 1.82) is 0 Å². The Labute approximate surface area is 171 Å². The van der Waals surface area contributed by atoms with E-state index in [1.54, 1.807) is 19.2 Å². The summed E-state index contributed by atoms with van der Waals surface area (Å²) in [4.78, 5) is 0. The highest BCUT2D eigenvalue weighted by atomic mass is 35.5. The van der Waals surface area contributed by atoms with E-state index >= 15 is 0 Å². The fourth-order valence-electron chi connectivity index (χ4n) is 2.44. The van der Waals surface area contributed by atoms with E-state index in [1.165, 1.54) is 12.1 Å². The topological polar surface area (TPSA) is 39.7 Å². The second kappa shape index (κ2) is 12.8. The maximum Gasteiger partial charge on any atom is 0.180 e. The predicted octanol–water partition coefficient (Wildman–Crippen LogP) is 5.00. The van der Waals surface area contributed by atoms with Crippen molar-refractivity contribution in [2.45, 2.75) is 26.5 Å². The quantitative estimate of drug-likeness (QED) is 0.521. The minimum atomic E-state index is -0.274. The Morgan fingerprint density at radius 2 is 1.81 bits per heavy atom. The van der Waals surface area contributed by atoms with E-state index < -0.39 is 0 Å². The first-order valence-corrected chi connectivity index (χ1v) is 9.04. The number of halogens is 3. The van der Waals surface area contributed by atoms with E-state index in [0.29, 0.717) is 29.7 Å². The smallest absolute Gasteiger partial charge is 0.180 e. The molecule has 0 aliphatic rings. The Morgan fingerprint density at radius 3 is 2.48 bits per heavy atom. The maximum atomic E-state index is 13.0. The second-order valence-corrected chi connectivity index (χ2v) is 6.18. The first-order valence-electron chi connectivity index (χ1n) is 8.66. The van der Waals surface area contributed by atoms with Gasteiger partial charge in [-0.3, -0.25) is 0 Å². The lowest BCUT2D eigenvalue weighted by Crippen LogP contribution is -2.16. The van der Waals surface area contributed by atoms with Crippen molar-refractivity contribution in [2.24, 2.45) is 0 Å². The third-order valence-electron chi connectivity index (χ3n) is 3.70. The average Bonchev–Trinajstić information content (AvgIpc) is 2.62. The lowest BCUT2D eigenvalue weighted by Gasteiger charge is -2.16. The van der Waals surface area contributed by atoms with Crippen LogP contribution in [0.15, 0.2) is 36.4 Å². The summed E-state index contributed by atoms with van der Waals surface area (Å²) in [6.07, 6.45) is 0.946. The van der Waals surface area contributed by atoms with Crippen LogP contribution in [0.1, 0.15) is 24.5 Å². The van der Waals surface area contributed by atoms with Gasteiger partial charge in [-0.1, -0.05) is 23.7 Å². The zero-order chi connectivity index (χ0) is 18.8. The molecule has 0 aromatic heterocycles. The number of hydrogen-bond donors (Lipinski definition) is 1. The molecule has 0 amide bonds. The van der Waals surface area contributed by atoms with Gasteiger partial charge >= 0.3 is 0 Å². The Balaban J connectivity index is 0.00000364. The van der Waals surface area contributed by atoms with E-state index in [-0.39, 0.29) is 24.8 Å². The number of methoxy groups -OCH3 is 1. The summed E-state index contributed by atoms with van der Waals surface area (Å²) in [6, 6.07) is 9.97. The van der Waals surface area contributed by atoms with Gasteiger partial charge in [0.15, 0.2) is 11.5 Å². The molecular formula is C20H26Cl2FNO3. The predicted molar refractivity (Wildman–Crippen MR) is 109 cm³/mol. The van der Waals surface area contributed by atoms with Gasteiger partial charge in [0.05, 0.1) is 11.6 Å². The summed E-state index contributed by atoms with van der Waals surface area (Å²) >= 11 is 6.41. The van der Waals surface area contributed by atoms with Crippen LogP contribution < -0.4 is 14.8 Å². The number of hydrogen-bond acceptors (Lipinski definition) is 4. The van der Waals surface area contributed by atoms with Crippen LogP contribution in [0.4, 0.5) is 4.39 Å². The normalized spacial score (nSPS) is 10.4. The molecule has 7 heteroatoms. The van der Waals surface area contributed by atoms with Gasteiger partial charge in [-0.25, -0.2) is 4.39 Å². The minimum absolute atomic E-state index is 0. The zero-order valence-electron chi connectivity index (χ0n) is 15.6. The van der Waals surface area contributed by atoms with Crippen LogP contribution in [-0.2, 0) is 17.9 Å². The molecule has 0 radical (unpaired) electrons. The maximum absolute atomic E-state index is 13.0. The Bertz CT molecular complexity index is 684. The van der Waals surface area contributed by atoms with Crippen LogP contribution in [0.25, 0.3) is 0 Å². The van der Waals surface area contributed by atoms with Crippen LogP contribution in [0.3, 0.4) is 0 Å². The molecule has 0 saturated carbocycles. The Hall–Kier alpha value is -1.53. The van der Waals surface area contributed by atoms with Gasteiger partial charge in [-0.2, -0.15) is 0 Å². The highest BCUT2D eigenvalue weighted by molar-refractivity contribution is 6.32. The highest BCUT2D eigenvalue weighted by Gasteiger charge is 2.13. The lowest BCUT2D eigenvalue weighted by molar-refractivity contribution is 0.194. The fraction of sp³-hybridized carbons (Fsp3) is 0.400. The first kappa shape index (κ1) is 23.5. The van der Waals surface area contributed by atoms with Crippen molar-refractivity contribution in [2.75, 3.05) is 26.9 Å². The molecule has 0 saturated heterocycles. The van der Waals surface area contributed by atoms with Crippen LogP contribution in [0, 0.1) is 5.82 Å². The number of rotatable bonds is 11. The molecule has 0 fully saturated rings. The van der Waals surface area contributed by atoms with Gasteiger partial charge in [-0.05, 0) is 55.3 Å². The Kier molecular flexibility index (Phi) is 11.1. The van der Waals surface area contributed by atoms with E-state index in [2.05, 4.69) is 5.32 Å². The van der Waals surface area contributed by atoms with Gasteiger partial charge < -0.3 is 19.5 Å². The molecule has 2 rings (SSSR count). The first-order chi connectivity index (χ1) is 12.6. The monoisotopic (exact) mass is 417 g/mol. The summed E-state index contributed by atoms with van der Waals surface area (Å²) in [5, 5.41) is 3.84. The molecule has 0 atom stereocenters. The molecule has 2 aromatic carbocycles. The minimum Gasteiger partial charge on any atom is -0.490 e. The summed E-state index contributed by atoms with van der Waals surface area (Å²) < 4.78 is 29.6. The van der Waals surface area contributed by atoms with E-state index in [4.69, 9.17) is 25.8 Å². The largest absolute Gasteiger partial charge is 0.490 e. The van der Waals surface area contributed by atoms with E-state index in [0.717, 1.165) is 30.7 Å². The van der Waals surface area contributed by atoms with Crippen LogP contribution in [0.5, 0.6) is 11.5 Å². The third-order valence-corrected chi connectivity index (χ3v) is 3.98. The van der Waals surface area contributed by atoms with Gasteiger partial charge in [0, 0.05) is 20.3 Å². The number of ether oxygens (including phenoxy) is 3. The standard InChI is InChI=1S/C20H25ClFNO3.ClH/c1-3-25-19-12-16(13-23-9-4-10-24-2)11-18(21)20(19)26-14-15-5-7-17(22)8-6-15;/h5-8,11-12,23H,3-4,9-10,13-14H2,1-2H3;1H. The number of benzene rings is 2. The van der Waals surface area contributed by atoms with Crippen LogP contribution in [0.2, 0.25) is 5.02 Å². The summed E-state index contributed by atoms with van der Waals surface area (Å²) in [5.74, 6) is 0.834. The molecule has 4 nitrogen and oxygen atoms in total. The molecule has 0 aliphatic heterocycles. The zero-order valence-corrected chi connectivity index (χ0v) is 17.2. The lowest BCUT2D eigenvalue weighted by atomic mass is 10.2. The van der Waals surface area contributed by atoms with E-state index in [1.807, 2.05) is 19.1 Å². The summed E-state index contributed by atoms with van der Waals surface area (Å²) in [7, 11) is 1.69. The van der Waals surface area contributed by atoms with Crippen molar-refractivity contribution in [3.05, 3.63) is 58.4 Å². The summed E-state index contributed by atoms with van der Waals surface area (Å²) in [5.41, 5.74) is 1.87. The molecule has 0 spiro atoms. The molecule has 0 heterocycles. The molecule has 0 bridgehead atoms. The SMILES string of the molecule is CCOc1cc(CNCCCOC)cc(Cl)c1OCc1ccc(F)cc1.Cl. The van der Waals surface area contributed by atoms with Gasteiger partial charge in [-0.15, -0.1) is 12.4 Å². The van der Waals surface area contributed by atoms with E-state index in [9.17, 15) is 4.39 Å². The highest BCUT2D eigenvalue weighted by Crippen LogP contribution is 2.37. The second-order valence-electron chi connectivity index (χ2n) is 5.78. The molecule has 27 heavy (non-hydrogen) atoms. The molecule has 0 unspecified atom stereocenters. The third kappa shape index (κ3) is 7.93.